The number of nitriles is 1. The van der Waals surface area contributed by atoms with Gasteiger partial charge in [0.05, 0.1) is 24.0 Å². The molecule has 2 rings (SSSR count). The fourth-order valence-corrected chi connectivity index (χ4v) is 2.21. The van der Waals surface area contributed by atoms with Crippen LogP contribution in [-0.2, 0) is 4.74 Å². The summed E-state index contributed by atoms with van der Waals surface area (Å²) in [7, 11) is 0. The molecule has 0 saturated carbocycles. The SMILES string of the molecule is N#Cc1ccccc1SC1COC1. The van der Waals surface area contributed by atoms with Crippen LogP contribution in [0.5, 0.6) is 0 Å². The number of benzene rings is 1. The molecule has 0 unspecified atom stereocenters. The molecule has 1 aromatic rings. The van der Waals surface area contributed by atoms with E-state index >= 15 is 0 Å². The van der Waals surface area contributed by atoms with Gasteiger partial charge in [-0.25, -0.2) is 0 Å². The van der Waals surface area contributed by atoms with E-state index in [2.05, 4.69) is 6.07 Å². The summed E-state index contributed by atoms with van der Waals surface area (Å²) in [4.78, 5) is 1.07. The Morgan fingerprint density at radius 1 is 1.38 bits per heavy atom. The molecule has 1 heterocycles. The van der Waals surface area contributed by atoms with E-state index in [1.807, 2.05) is 24.3 Å². The second kappa shape index (κ2) is 3.82. The van der Waals surface area contributed by atoms with E-state index in [0.717, 1.165) is 23.7 Å². The highest BCUT2D eigenvalue weighted by Crippen LogP contribution is 2.29. The largest absolute Gasteiger partial charge is 0.379 e. The van der Waals surface area contributed by atoms with Crippen molar-refractivity contribution in [3.05, 3.63) is 29.8 Å². The van der Waals surface area contributed by atoms with E-state index in [0.29, 0.717) is 5.25 Å². The van der Waals surface area contributed by atoms with Crippen LogP contribution in [0.3, 0.4) is 0 Å². The lowest BCUT2D eigenvalue weighted by atomic mass is 10.2. The van der Waals surface area contributed by atoms with Gasteiger partial charge in [0.25, 0.3) is 0 Å². The van der Waals surface area contributed by atoms with Gasteiger partial charge in [-0.3, -0.25) is 0 Å². The zero-order valence-electron chi connectivity index (χ0n) is 7.06. The minimum atomic E-state index is 0.537. The molecule has 0 spiro atoms. The second-order valence-corrected chi connectivity index (χ2v) is 4.23. The Bertz CT molecular complexity index is 341. The first kappa shape index (κ1) is 8.61. The number of rotatable bonds is 2. The van der Waals surface area contributed by atoms with E-state index in [-0.39, 0.29) is 0 Å². The second-order valence-electron chi connectivity index (χ2n) is 2.89. The van der Waals surface area contributed by atoms with Crippen LogP contribution in [-0.4, -0.2) is 18.5 Å². The molecule has 0 radical (unpaired) electrons. The average molecular weight is 191 g/mol. The van der Waals surface area contributed by atoms with Gasteiger partial charge in [-0.2, -0.15) is 5.26 Å². The molecule has 1 aliphatic heterocycles. The van der Waals surface area contributed by atoms with Crippen molar-refractivity contribution in [1.82, 2.24) is 0 Å². The number of nitrogens with zero attached hydrogens (tertiary/aromatic N) is 1. The van der Waals surface area contributed by atoms with E-state index in [9.17, 15) is 0 Å². The van der Waals surface area contributed by atoms with Gasteiger partial charge in [0.1, 0.15) is 6.07 Å². The number of thioether (sulfide) groups is 1. The van der Waals surface area contributed by atoms with Crippen LogP contribution in [0.25, 0.3) is 0 Å². The van der Waals surface area contributed by atoms with Crippen molar-refractivity contribution in [2.75, 3.05) is 13.2 Å². The molecule has 1 saturated heterocycles. The number of hydrogen-bond acceptors (Lipinski definition) is 3. The van der Waals surface area contributed by atoms with Crippen LogP contribution in [0.2, 0.25) is 0 Å². The first-order valence-electron chi connectivity index (χ1n) is 4.13. The fourth-order valence-electron chi connectivity index (χ4n) is 1.12. The molecule has 0 aromatic heterocycles. The lowest BCUT2D eigenvalue weighted by molar-refractivity contribution is 0.0455. The van der Waals surface area contributed by atoms with E-state index < -0.39 is 0 Å². The van der Waals surface area contributed by atoms with Gasteiger partial charge in [-0.05, 0) is 12.1 Å². The van der Waals surface area contributed by atoms with Gasteiger partial charge in [0, 0.05) is 4.90 Å². The predicted octanol–water partition coefficient (Wildman–Crippen LogP) is 2.05. The molecule has 2 nitrogen and oxygen atoms in total. The highest BCUT2D eigenvalue weighted by molar-refractivity contribution is 8.00. The van der Waals surface area contributed by atoms with Crippen molar-refractivity contribution >= 4 is 11.8 Å². The third-order valence-electron chi connectivity index (χ3n) is 1.91. The first-order valence-corrected chi connectivity index (χ1v) is 5.01. The molecule has 0 atom stereocenters. The molecule has 3 heteroatoms. The Balaban J connectivity index is 2.14. The third kappa shape index (κ3) is 1.85. The quantitative estimate of drug-likeness (QED) is 0.717. The Hall–Kier alpha value is -0.980. The summed E-state index contributed by atoms with van der Waals surface area (Å²) in [5.41, 5.74) is 0.763. The standard InChI is InChI=1S/C10H9NOS/c11-5-8-3-1-2-4-10(8)13-9-6-12-7-9/h1-4,9H,6-7H2. The molecular weight excluding hydrogens is 182 g/mol. The van der Waals surface area contributed by atoms with E-state index in [1.54, 1.807) is 11.8 Å². The average Bonchev–Trinajstić information content (AvgIpc) is 2.12. The zero-order chi connectivity index (χ0) is 9.10. The number of hydrogen-bond donors (Lipinski definition) is 0. The summed E-state index contributed by atoms with van der Waals surface area (Å²) in [6, 6.07) is 9.87. The molecule has 0 bridgehead atoms. The van der Waals surface area contributed by atoms with Gasteiger partial charge in [0.15, 0.2) is 0 Å². The van der Waals surface area contributed by atoms with Crippen LogP contribution in [0.1, 0.15) is 5.56 Å². The fraction of sp³-hybridized carbons (Fsp3) is 0.300. The molecule has 13 heavy (non-hydrogen) atoms. The maximum Gasteiger partial charge on any atom is 0.100 e. The van der Waals surface area contributed by atoms with Crippen molar-refractivity contribution in [3.8, 4) is 6.07 Å². The Labute approximate surface area is 81.5 Å². The maximum absolute atomic E-state index is 8.83. The summed E-state index contributed by atoms with van der Waals surface area (Å²) in [6.07, 6.45) is 0. The van der Waals surface area contributed by atoms with Crippen LogP contribution >= 0.6 is 11.8 Å². The van der Waals surface area contributed by atoms with E-state index in [1.165, 1.54) is 0 Å². The molecular formula is C10H9NOS. The molecule has 1 aliphatic rings. The minimum Gasteiger partial charge on any atom is -0.379 e. The first-order chi connectivity index (χ1) is 6.40. The van der Waals surface area contributed by atoms with Gasteiger partial charge >= 0.3 is 0 Å². The summed E-state index contributed by atoms with van der Waals surface area (Å²) in [5, 5.41) is 9.36. The molecule has 1 aromatic carbocycles. The predicted molar refractivity (Wildman–Crippen MR) is 51.6 cm³/mol. The van der Waals surface area contributed by atoms with Crippen molar-refractivity contribution in [1.29, 1.82) is 5.26 Å². The highest BCUT2D eigenvalue weighted by Gasteiger charge is 2.20. The van der Waals surface area contributed by atoms with Gasteiger partial charge < -0.3 is 4.74 Å². The normalized spacial score (nSPS) is 16.2. The maximum atomic E-state index is 8.83. The van der Waals surface area contributed by atoms with Crippen molar-refractivity contribution < 1.29 is 4.74 Å². The van der Waals surface area contributed by atoms with E-state index in [4.69, 9.17) is 10.00 Å². The molecule has 0 N–H and O–H groups in total. The van der Waals surface area contributed by atoms with Gasteiger partial charge in [-0.15, -0.1) is 11.8 Å². The van der Waals surface area contributed by atoms with Crippen molar-refractivity contribution in [2.45, 2.75) is 10.1 Å². The van der Waals surface area contributed by atoms with Gasteiger partial charge in [0.2, 0.25) is 0 Å². The van der Waals surface area contributed by atoms with Crippen LogP contribution in [0.4, 0.5) is 0 Å². The summed E-state index contributed by atoms with van der Waals surface area (Å²) >= 11 is 1.73. The monoisotopic (exact) mass is 191 g/mol. The number of ether oxygens (including phenoxy) is 1. The highest BCUT2D eigenvalue weighted by atomic mass is 32.2. The Kier molecular flexibility index (Phi) is 2.53. The van der Waals surface area contributed by atoms with Crippen LogP contribution < -0.4 is 0 Å². The van der Waals surface area contributed by atoms with Crippen molar-refractivity contribution in [3.63, 3.8) is 0 Å². The summed E-state index contributed by atoms with van der Waals surface area (Å²) in [5.74, 6) is 0. The van der Waals surface area contributed by atoms with Crippen molar-refractivity contribution in [2.24, 2.45) is 0 Å². The molecule has 66 valence electrons. The van der Waals surface area contributed by atoms with Crippen LogP contribution in [0.15, 0.2) is 29.2 Å². The Morgan fingerprint density at radius 3 is 2.77 bits per heavy atom. The topological polar surface area (TPSA) is 33.0 Å². The summed E-state index contributed by atoms with van der Waals surface area (Å²) in [6.45, 7) is 1.62. The molecule has 0 aliphatic carbocycles. The smallest absolute Gasteiger partial charge is 0.100 e. The summed E-state index contributed by atoms with van der Waals surface area (Å²) < 4.78 is 5.08. The minimum absolute atomic E-state index is 0.537. The van der Waals surface area contributed by atoms with Gasteiger partial charge in [-0.1, -0.05) is 12.1 Å². The Morgan fingerprint density at radius 2 is 2.15 bits per heavy atom. The van der Waals surface area contributed by atoms with Crippen LogP contribution in [0, 0.1) is 11.3 Å². The third-order valence-corrected chi connectivity index (χ3v) is 3.12. The molecule has 0 amide bonds. The lowest BCUT2D eigenvalue weighted by Gasteiger charge is -2.25. The molecule has 1 fully saturated rings. The zero-order valence-corrected chi connectivity index (χ0v) is 7.88. The lowest BCUT2D eigenvalue weighted by Crippen LogP contribution is -2.30.